The lowest BCUT2D eigenvalue weighted by Gasteiger charge is -2.25. The topological polar surface area (TPSA) is 41.5 Å². The van der Waals surface area contributed by atoms with Gasteiger partial charge < -0.3 is 15.2 Å². The highest BCUT2D eigenvalue weighted by Crippen LogP contribution is 2.26. The van der Waals surface area contributed by atoms with E-state index in [1.807, 2.05) is 13.0 Å². The second-order valence-electron chi connectivity index (χ2n) is 5.13. The number of hydrogen-bond donors (Lipinski definition) is 2. The number of aliphatic hydroxyl groups excluding tert-OH is 1. The minimum atomic E-state index is -0.328. The third-order valence-electron chi connectivity index (χ3n) is 3.64. The number of anilines is 1. The molecule has 19 heavy (non-hydrogen) atoms. The molecule has 0 spiro atoms. The van der Waals surface area contributed by atoms with Gasteiger partial charge in [0.25, 0.3) is 0 Å². The van der Waals surface area contributed by atoms with Crippen molar-refractivity contribution in [3.05, 3.63) is 24.0 Å². The highest BCUT2D eigenvalue weighted by Gasteiger charge is 2.19. The number of halogens is 1. The summed E-state index contributed by atoms with van der Waals surface area (Å²) in [5.74, 6) is 0.540. The number of ether oxygens (including phenoxy) is 1. The maximum atomic E-state index is 13.7. The van der Waals surface area contributed by atoms with Gasteiger partial charge in [-0.05, 0) is 50.7 Å². The average molecular weight is 267 g/mol. The first-order valence-corrected chi connectivity index (χ1v) is 7.03. The van der Waals surface area contributed by atoms with E-state index in [0.717, 1.165) is 37.9 Å². The molecule has 0 bridgehead atoms. The molecule has 1 fully saturated rings. The van der Waals surface area contributed by atoms with E-state index in [1.54, 1.807) is 6.07 Å². The molecule has 2 rings (SSSR count). The van der Waals surface area contributed by atoms with Crippen LogP contribution in [0.3, 0.4) is 0 Å². The summed E-state index contributed by atoms with van der Waals surface area (Å²) in [4.78, 5) is 0. The lowest BCUT2D eigenvalue weighted by Crippen LogP contribution is -2.23. The van der Waals surface area contributed by atoms with Crippen LogP contribution in [0.2, 0.25) is 0 Å². The van der Waals surface area contributed by atoms with Crippen LogP contribution in [0.15, 0.2) is 18.2 Å². The number of nitrogens with one attached hydrogen (secondary N) is 1. The molecule has 3 nitrogen and oxygen atoms in total. The summed E-state index contributed by atoms with van der Waals surface area (Å²) >= 11 is 0. The van der Waals surface area contributed by atoms with Crippen LogP contribution in [0.25, 0.3) is 0 Å². The second-order valence-corrected chi connectivity index (χ2v) is 5.13. The van der Waals surface area contributed by atoms with Gasteiger partial charge in [-0.25, -0.2) is 4.39 Å². The lowest BCUT2D eigenvalue weighted by atomic mass is 9.87. The molecule has 1 aromatic carbocycles. The van der Waals surface area contributed by atoms with Crippen LogP contribution in [-0.2, 0) is 0 Å². The zero-order valence-electron chi connectivity index (χ0n) is 11.4. The number of hydrogen-bond acceptors (Lipinski definition) is 3. The quantitative estimate of drug-likeness (QED) is 0.861. The predicted octanol–water partition coefficient (Wildman–Crippen LogP) is 3.19. The van der Waals surface area contributed by atoms with E-state index in [4.69, 9.17) is 4.74 Å². The molecule has 2 N–H and O–H groups in total. The van der Waals surface area contributed by atoms with Crippen LogP contribution >= 0.6 is 0 Å². The molecule has 4 heteroatoms. The van der Waals surface area contributed by atoms with Crippen LogP contribution in [0.4, 0.5) is 10.1 Å². The zero-order valence-corrected chi connectivity index (χ0v) is 11.4. The molecule has 106 valence electrons. The fourth-order valence-electron chi connectivity index (χ4n) is 2.49. The molecule has 1 aliphatic carbocycles. The van der Waals surface area contributed by atoms with Crippen molar-refractivity contribution in [1.29, 1.82) is 0 Å². The van der Waals surface area contributed by atoms with Crippen LogP contribution in [0.1, 0.15) is 32.6 Å². The molecule has 1 saturated carbocycles. The fraction of sp³-hybridized carbons (Fsp3) is 0.600. The normalized spacial score (nSPS) is 23.1. The number of rotatable bonds is 5. The van der Waals surface area contributed by atoms with E-state index in [9.17, 15) is 9.50 Å². The summed E-state index contributed by atoms with van der Waals surface area (Å²) in [7, 11) is 0. The monoisotopic (exact) mass is 267 g/mol. The molecule has 0 radical (unpaired) electrons. The van der Waals surface area contributed by atoms with Crippen molar-refractivity contribution in [3.63, 3.8) is 0 Å². The Hall–Kier alpha value is -1.29. The summed E-state index contributed by atoms with van der Waals surface area (Å²) in [6, 6.07) is 4.97. The molecular formula is C15H22FNO2. The van der Waals surface area contributed by atoms with Gasteiger partial charge in [-0.15, -0.1) is 0 Å². The Labute approximate surface area is 113 Å². The van der Waals surface area contributed by atoms with E-state index in [0.29, 0.717) is 18.3 Å². The van der Waals surface area contributed by atoms with E-state index in [2.05, 4.69) is 5.32 Å². The van der Waals surface area contributed by atoms with Gasteiger partial charge in [-0.1, -0.05) is 0 Å². The van der Waals surface area contributed by atoms with Crippen molar-refractivity contribution >= 4 is 5.69 Å². The summed E-state index contributed by atoms with van der Waals surface area (Å²) in [6.07, 6.45) is 3.70. The Bertz CT molecular complexity index is 403. The molecule has 0 saturated heterocycles. The molecule has 1 aromatic rings. The Morgan fingerprint density at radius 1 is 1.32 bits per heavy atom. The largest absolute Gasteiger partial charge is 0.491 e. The zero-order chi connectivity index (χ0) is 13.7. The molecule has 0 atom stereocenters. The number of benzene rings is 1. The van der Waals surface area contributed by atoms with Gasteiger partial charge in [0.1, 0.15) is 0 Å². The first-order valence-electron chi connectivity index (χ1n) is 7.03. The highest BCUT2D eigenvalue weighted by atomic mass is 19.1. The predicted molar refractivity (Wildman–Crippen MR) is 74.0 cm³/mol. The minimum absolute atomic E-state index is 0.126. The summed E-state index contributed by atoms with van der Waals surface area (Å²) in [5.41, 5.74) is 0.784. The first-order chi connectivity index (χ1) is 9.19. The Kier molecular flexibility index (Phi) is 5.02. The maximum absolute atomic E-state index is 13.7. The van der Waals surface area contributed by atoms with Gasteiger partial charge >= 0.3 is 0 Å². The summed E-state index contributed by atoms with van der Waals surface area (Å²) in [6.45, 7) is 3.14. The lowest BCUT2D eigenvalue weighted by molar-refractivity contribution is 0.111. The van der Waals surface area contributed by atoms with E-state index < -0.39 is 0 Å². The minimum Gasteiger partial charge on any atom is -0.491 e. The van der Waals surface area contributed by atoms with E-state index in [-0.39, 0.29) is 11.9 Å². The van der Waals surface area contributed by atoms with Gasteiger partial charge in [0.2, 0.25) is 0 Å². The molecule has 0 aliphatic heterocycles. The van der Waals surface area contributed by atoms with Crippen molar-refractivity contribution in [2.75, 3.05) is 18.5 Å². The maximum Gasteiger partial charge on any atom is 0.167 e. The van der Waals surface area contributed by atoms with Crippen molar-refractivity contribution in [3.8, 4) is 5.75 Å². The van der Waals surface area contributed by atoms with Crippen molar-refractivity contribution < 1.29 is 14.2 Å². The number of aliphatic hydroxyl groups is 1. The highest BCUT2D eigenvalue weighted by molar-refractivity contribution is 5.47. The Morgan fingerprint density at radius 2 is 2.05 bits per heavy atom. The second kappa shape index (κ2) is 6.75. The molecule has 0 aromatic heterocycles. The molecule has 0 unspecified atom stereocenters. The molecule has 1 aliphatic rings. The molecule has 0 amide bonds. The van der Waals surface area contributed by atoms with E-state index in [1.165, 1.54) is 6.07 Å². The van der Waals surface area contributed by atoms with Crippen LogP contribution in [0.5, 0.6) is 5.75 Å². The molecule has 0 heterocycles. The Balaban J connectivity index is 1.84. The SMILES string of the molecule is CCOc1ccc(NCC2CCC(O)CC2)cc1F. The smallest absolute Gasteiger partial charge is 0.167 e. The third kappa shape index (κ3) is 4.10. The molecular weight excluding hydrogens is 245 g/mol. The van der Waals surface area contributed by atoms with Crippen molar-refractivity contribution in [2.24, 2.45) is 5.92 Å². The van der Waals surface area contributed by atoms with Gasteiger partial charge in [-0.2, -0.15) is 0 Å². The van der Waals surface area contributed by atoms with Gasteiger partial charge in [0.05, 0.1) is 12.7 Å². The van der Waals surface area contributed by atoms with E-state index >= 15 is 0 Å². The van der Waals surface area contributed by atoms with Gasteiger partial charge in [0.15, 0.2) is 11.6 Å². The average Bonchev–Trinajstić information content (AvgIpc) is 2.41. The van der Waals surface area contributed by atoms with Crippen molar-refractivity contribution in [1.82, 2.24) is 0 Å². The van der Waals surface area contributed by atoms with Crippen LogP contribution in [-0.4, -0.2) is 24.4 Å². The fourth-order valence-corrected chi connectivity index (χ4v) is 2.49. The first kappa shape index (κ1) is 14.1. The van der Waals surface area contributed by atoms with Gasteiger partial charge in [-0.3, -0.25) is 0 Å². The van der Waals surface area contributed by atoms with Crippen molar-refractivity contribution in [2.45, 2.75) is 38.7 Å². The third-order valence-corrected chi connectivity index (χ3v) is 3.64. The van der Waals surface area contributed by atoms with Crippen LogP contribution < -0.4 is 10.1 Å². The summed E-state index contributed by atoms with van der Waals surface area (Å²) in [5, 5.41) is 12.7. The Morgan fingerprint density at radius 3 is 2.68 bits per heavy atom. The summed E-state index contributed by atoms with van der Waals surface area (Å²) < 4.78 is 18.8. The standard InChI is InChI=1S/C15H22FNO2/c1-2-19-15-8-5-12(9-14(15)16)17-10-11-3-6-13(18)7-4-11/h5,8-9,11,13,17-18H,2-4,6-7,10H2,1H3. The van der Waals surface area contributed by atoms with Gasteiger partial charge in [0, 0.05) is 18.3 Å². The van der Waals surface area contributed by atoms with Crippen LogP contribution in [0, 0.1) is 11.7 Å².